The Labute approximate surface area is 161 Å². The lowest BCUT2D eigenvalue weighted by Gasteiger charge is -2.19. The third-order valence-electron chi connectivity index (χ3n) is 5.03. The summed E-state index contributed by atoms with van der Waals surface area (Å²) in [5.74, 6) is 1.49. The van der Waals surface area contributed by atoms with E-state index in [9.17, 15) is 0 Å². The molecule has 0 aliphatic heterocycles. The SMILES string of the molecule is CCN(CC)CCCNc1c2ccccc2nc2c(OC)cc(OC)cc12. The Kier molecular flexibility index (Phi) is 6.35. The minimum absolute atomic E-state index is 0.723. The molecule has 5 heteroatoms. The van der Waals surface area contributed by atoms with Gasteiger partial charge in [-0.15, -0.1) is 0 Å². The van der Waals surface area contributed by atoms with Crippen LogP contribution in [0.5, 0.6) is 11.5 Å². The summed E-state index contributed by atoms with van der Waals surface area (Å²) < 4.78 is 11.1. The monoisotopic (exact) mass is 367 g/mol. The van der Waals surface area contributed by atoms with E-state index >= 15 is 0 Å². The number of methoxy groups -OCH3 is 2. The summed E-state index contributed by atoms with van der Waals surface area (Å²) in [6.07, 6.45) is 1.08. The van der Waals surface area contributed by atoms with Gasteiger partial charge in [0.2, 0.25) is 0 Å². The molecule has 1 heterocycles. The van der Waals surface area contributed by atoms with Crippen molar-refractivity contribution >= 4 is 27.5 Å². The molecule has 0 unspecified atom stereocenters. The van der Waals surface area contributed by atoms with Crippen LogP contribution in [0.25, 0.3) is 21.8 Å². The fourth-order valence-electron chi connectivity index (χ4n) is 3.46. The third-order valence-corrected chi connectivity index (χ3v) is 5.03. The number of rotatable bonds is 9. The second-order valence-electron chi connectivity index (χ2n) is 6.54. The van der Waals surface area contributed by atoms with Crippen LogP contribution in [0.1, 0.15) is 20.3 Å². The molecule has 3 aromatic rings. The number of nitrogens with zero attached hydrogens (tertiary/aromatic N) is 2. The normalized spacial score (nSPS) is 11.3. The maximum Gasteiger partial charge on any atom is 0.148 e. The number of anilines is 1. The van der Waals surface area contributed by atoms with Crippen molar-refractivity contribution in [3.05, 3.63) is 36.4 Å². The molecule has 0 saturated heterocycles. The zero-order valence-electron chi connectivity index (χ0n) is 16.7. The molecule has 0 amide bonds. The molecule has 27 heavy (non-hydrogen) atoms. The van der Waals surface area contributed by atoms with Crippen molar-refractivity contribution in [1.29, 1.82) is 0 Å². The number of aromatic nitrogens is 1. The number of hydrogen-bond donors (Lipinski definition) is 1. The van der Waals surface area contributed by atoms with Gasteiger partial charge in [-0.25, -0.2) is 4.98 Å². The number of fused-ring (bicyclic) bond motifs is 2. The smallest absolute Gasteiger partial charge is 0.148 e. The van der Waals surface area contributed by atoms with E-state index in [0.29, 0.717) is 0 Å². The van der Waals surface area contributed by atoms with Crippen LogP contribution in [0.3, 0.4) is 0 Å². The Morgan fingerprint density at radius 3 is 2.48 bits per heavy atom. The van der Waals surface area contributed by atoms with Gasteiger partial charge in [-0.2, -0.15) is 0 Å². The highest BCUT2D eigenvalue weighted by Crippen LogP contribution is 2.38. The van der Waals surface area contributed by atoms with Gasteiger partial charge in [-0.1, -0.05) is 32.0 Å². The molecule has 5 nitrogen and oxygen atoms in total. The van der Waals surface area contributed by atoms with Gasteiger partial charge in [-0.3, -0.25) is 0 Å². The zero-order chi connectivity index (χ0) is 19.2. The highest BCUT2D eigenvalue weighted by molar-refractivity contribution is 6.09. The predicted molar refractivity (Wildman–Crippen MR) is 113 cm³/mol. The Balaban J connectivity index is 2.01. The van der Waals surface area contributed by atoms with E-state index < -0.39 is 0 Å². The highest BCUT2D eigenvalue weighted by atomic mass is 16.5. The molecule has 0 atom stereocenters. The number of nitrogens with one attached hydrogen (secondary N) is 1. The summed E-state index contributed by atoms with van der Waals surface area (Å²) >= 11 is 0. The van der Waals surface area contributed by atoms with Crippen molar-refractivity contribution in [2.24, 2.45) is 0 Å². The van der Waals surface area contributed by atoms with Crippen molar-refractivity contribution in [3.8, 4) is 11.5 Å². The Morgan fingerprint density at radius 1 is 1.00 bits per heavy atom. The van der Waals surface area contributed by atoms with Gasteiger partial charge in [0.05, 0.1) is 25.4 Å². The molecular weight excluding hydrogens is 338 g/mol. The predicted octanol–water partition coefficient (Wildman–Crippen LogP) is 4.55. The van der Waals surface area contributed by atoms with E-state index in [0.717, 1.165) is 71.6 Å². The molecule has 0 spiro atoms. The number of pyridine rings is 1. The molecule has 0 aliphatic rings. The van der Waals surface area contributed by atoms with Crippen molar-refractivity contribution < 1.29 is 9.47 Å². The van der Waals surface area contributed by atoms with Gasteiger partial charge in [0.25, 0.3) is 0 Å². The molecule has 0 radical (unpaired) electrons. The van der Waals surface area contributed by atoms with Gasteiger partial charge >= 0.3 is 0 Å². The lowest BCUT2D eigenvalue weighted by atomic mass is 10.1. The molecule has 2 aromatic carbocycles. The fourth-order valence-corrected chi connectivity index (χ4v) is 3.46. The van der Waals surface area contributed by atoms with Crippen molar-refractivity contribution in [2.45, 2.75) is 20.3 Å². The molecule has 0 aliphatic carbocycles. The quantitative estimate of drug-likeness (QED) is 0.444. The molecule has 144 valence electrons. The summed E-state index contributed by atoms with van der Waals surface area (Å²) in [4.78, 5) is 7.28. The van der Waals surface area contributed by atoms with Crippen LogP contribution in [0.2, 0.25) is 0 Å². The van der Waals surface area contributed by atoms with E-state index in [2.05, 4.69) is 30.1 Å². The minimum Gasteiger partial charge on any atom is -0.497 e. The average molecular weight is 367 g/mol. The Morgan fingerprint density at radius 2 is 1.78 bits per heavy atom. The number of ether oxygens (including phenoxy) is 2. The summed E-state index contributed by atoms with van der Waals surface area (Å²) in [5, 5.41) is 5.79. The third kappa shape index (κ3) is 4.08. The first-order chi connectivity index (χ1) is 13.2. The zero-order valence-corrected chi connectivity index (χ0v) is 16.7. The lowest BCUT2D eigenvalue weighted by molar-refractivity contribution is 0.303. The van der Waals surface area contributed by atoms with Crippen LogP contribution >= 0.6 is 0 Å². The van der Waals surface area contributed by atoms with Crippen LogP contribution in [0.4, 0.5) is 5.69 Å². The molecule has 3 rings (SSSR count). The topological polar surface area (TPSA) is 46.6 Å². The average Bonchev–Trinajstić information content (AvgIpc) is 2.72. The van der Waals surface area contributed by atoms with Crippen LogP contribution < -0.4 is 14.8 Å². The van der Waals surface area contributed by atoms with E-state index in [1.807, 2.05) is 30.3 Å². The van der Waals surface area contributed by atoms with Crippen LogP contribution in [-0.2, 0) is 0 Å². The van der Waals surface area contributed by atoms with E-state index in [1.165, 1.54) is 0 Å². The maximum absolute atomic E-state index is 5.58. The largest absolute Gasteiger partial charge is 0.497 e. The van der Waals surface area contributed by atoms with Gasteiger partial charge in [0, 0.05) is 23.4 Å². The summed E-state index contributed by atoms with van der Waals surface area (Å²) in [6.45, 7) is 8.59. The number of hydrogen-bond acceptors (Lipinski definition) is 5. The fraction of sp³-hybridized carbons (Fsp3) is 0.409. The molecule has 1 aromatic heterocycles. The van der Waals surface area contributed by atoms with Crippen molar-refractivity contribution in [1.82, 2.24) is 9.88 Å². The molecular formula is C22H29N3O2. The second-order valence-corrected chi connectivity index (χ2v) is 6.54. The summed E-state index contributed by atoms with van der Waals surface area (Å²) in [6, 6.07) is 12.1. The summed E-state index contributed by atoms with van der Waals surface area (Å²) in [7, 11) is 3.34. The van der Waals surface area contributed by atoms with E-state index in [4.69, 9.17) is 14.5 Å². The number of para-hydroxylation sites is 1. The van der Waals surface area contributed by atoms with Gasteiger partial charge in [0.1, 0.15) is 17.0 Å². The number of benzene rings is 2. The summed E-state index contributed by atoms with van der Waals surface area (Å²) in [5.41, 5.74) is 2.90. The van der Waals surface area contributed by atoms with Gasteiger partial charge in [-0.05, 0) is 38.2 Å². The first-order valence-electron chi connectivity index (χ1n) is 9.62. The molecule has 0 fully saturated rings. The minimum atomic E-state index is 0.723. The van der Waals surface area contributed by atoms with Crippen molar-refractivity contribution in [3.63, 3.8) is 0 Å². The maximum atomic E-state index is 5.58. The standard InChI is InChI=1S/C22H29N3O2/c1-5-25(6-2)13-9-12-23-21-17-10-7-8-11-19(17)24-22-18(21)14-16(26-3)15-20(22)27-4/h7-8,10-11,14-15H,5-6,9,12-13H2,1-4H3,(H,23,24). The molecule has 1 N–H and O–H groups in total. The highest BCUT2D eigenvalue weighted by Gasteiger charge is 2.14. The van der Waals surface area contributed by atoms with Crippen LogP contribution in [0.15, 0.2) is 36.4 Å². The first-order valence-corrected chi connectivity index (χ1v) is 9.62. The van der Waals surface area contributed by atoms with Crippen LogP contribution in [-0.4, -0.2) is 50.3 Å². The van der Waals surface area contributed by atoms with Gasteiger partial charge < -0.3 is 19.7 Å². The van der Waals surface area contributed by atoms with E-state index in [1.54, 1.807) is 14.2 Å². The Bertz CT molecular complexity index is 907. The lowest BCUT2D eigenvalue weighted by Crippen LogP contribution is -2.25. The van der Waals surface area contributed by atoms with E-state index in [-0.39, 0.29) is 0 Å². The van der Waals surface area contributed by atoms with Crippen molar-refractivity contribution in [2.75, 3.05) is 45.7 Å². The first kappa shape index (κ1) is 19.2. The molecule has 0 bridgehead atoms. The second kappa shape index (κ2) is 8.91. The molecule has 0 saturated carbocycles. The van der Waals surface area contributed by atoms with Gasteiger partial charge in [0.15, 0.2) is 0 Å². The van der Waals surface area contributed by atoms with Crippen LogP contribution in [0, 0.1) is 0 Å². The Hall–Kier alpha value is -2.53.